The number of rotatable bonds is 5. The summed E-state index contributed by atoms with van der Waals surface area (Å²) < 4.78 is 2.63. The average Bonchev–Trinajstić information content (AvgIpc) is 3.72. The second kappa shape index (κ2) is 11.8. The van der Waals surface area contributed by atoms with Crippen molar-refractivity contribution >= 4 is 48.6 Å². The third-order valence-corrected chi connectivity index (χ3v) is 13.6. The van der Waals surface area contributed by atoms with Crippen molar-refractivity contribution < 1.29 is 0 Å². The first-order valence-electron chi connectivity index (χ1n) is 19.3. The van der Waals surface area contributed by atoms with Crippen LogP contribution < -0.4 is 4.90 Å². The van der Waals surface area contributed by atoms with Gasteiger partial charge in [-0.05, 0) is 122 Å². The molecule has 8 aromatic rings. The first-order chi connectivity index (χ1) is 26.0. The normalized spacial score (nSPS) is 16.0. The molecular formula is C52H45NS. The minimum Gasteiger partial charge on any atom is -0.310 e. The highest BCUT2D eigenvalue weighted by Gasteiger charge is 2.45. The zero-order chi connectivity index (χ0) is 37.0. The van der Waals surface area contributed by atoms with Gasteiger partial charge in [0.05, 0.1) is 5.69 Å². The van der Waals surface area contributed by atoms with E-state index in [4.69, 9.17) is 0 Å². The van der Waals surface area contributed by atoms with E-state index in [1.807, 2.05) is 11.3 Å². The van der Waals surface area contributed by atoms with Gasteiger partial charge in [-0.3, -0.25) is 0 Å². The van der Waals surface area contributed by atoms with Crippen molar-refractivity contribution in [3.05, 3.63) is 174 Å². The summed E-state index contributed by atoms with van der Waals surface area (Å²) in [5, 5.41) is 2.61. The van der Waals surface area contributed by atoms with Crippen LogP contribution >= 0.6 is 11.3 Å². The van der Waals surface area contributed by atoms with E-state index < -0.39 is 0 Å². The summed E-state index contributed by atoms with van der Waals surface area (Å²) in [7, 11) is 0. The molecule has 0 radical (unpaired) electrons. The molecule has 0 bridgehead atoms. The van der Waals surface area contributed by atoms with Gasteiger partial charge in [0.15, 0.2) is 0 Å². The molecule has 7 aromatic carbocycles. The first-order valence-corrected chi connectivity index (χ1v) is 20.1. The molecule has 0 saturated carbocycles. The Morgan fingerprint density at radius 3 is 1.80 bits per heavy atom. The summed E-state index contributed by atoms with van der Waals surface area (Å²) in [6, 6.07) is 56.9. The van der Waals surface area contributed by atoms with Crippen LogP contribution in [0.5, 0.6) is 0 Å². The number of fused-ring (bicyclic) bond motifs is 7. The molecule has 1 heterocycles. The number of thiophene rings is 1. The molecule has 0 saturated heterocycles. The second-order valence-corrected chi connectivity index (χ2v) is 18.4. The topological polar surface area (TPSA) is 3.24 Å². The Bertz CT molecular complexity index is 2760. The van der Waals surface area contributed by atoms with E-state index in [1.54, 1.807) is 0 Å². The molecule has 0 spiro atoms. The fourth-order valence-electron chi connectivity index (χ4n) is 10.0. The van der Waals surface area contributed by atoms with Crippen LogP contribution in [0.1, 0.15) is 70.2 Å². The molecule has 1 aromatic heterocycles. The molecule has 0 amide bonds. The van der Waals surface area contributed by atoms with E-state index in [9.17, 15) is 0 Å². The molecule has 264 valence electrons. The lowest BCUT2D eigenvalue weighted by Crippen LogP contribution is -2.18. The van der Waals surface area contributed by atoms with Crippen LogP contribution in [-0.4, -0.2) is 0 Å². The highest BCUT2D eigenvalue weighted by molar-refractivity contribution is 7.25. The predicted molar refractivity (Wildman–Crippen MR) is 233 cm³/mol. The van der Waals surface area contributed by atoms with E-state index in [-0.39, 0.29) is 16.2 Å². The smallest absolute Gasteiger partial charge is 0.0540 e. The lowest BCUT2D eigenvalue weighted by Gasteiger charge is -2.29. The van der Waals surface area contributed by atoms with Crippen molar-refractivity contribution in [1.82, 2.24) is 0 Å². The summed E-state index contributed by atoms with van der Waals surface area (Å²) in [6.07, 6.45) is 1.17. The Kier molecular flexibility index (Phi) is 7.23. The van der Waals surface area contributed by atoms with Crippen LogP contribution in [0.2, 0.25) is 0 Å². The third kappa shape index (κ3) is 5.03. The van der Waals surface area contributed by atoms with Crippen molar-refractivity contribution in [3.8, 4) is 33.4 Å². The van der Waals surface area contributed by atoms with Crippen molar-refractivity contribution in [2.45, 2.75) is 64.2 Å². The number of anilines is 3. The highest BCUT2D eigenvalue weighted by Crippen LogP contribution is 2.57. The fraction of sp³-hybridized carbons (Fsp3) is 0.192. The van der Waals surface area contributed by atoms with Gasteiger partial charge in [0.2, 0.25) is 0 Å². The third-order valence-electron chi connectivity index (χ3n) is 12.4. The molecule has 0 atom stereocenters. The van der Waals surface area contributed by atoms with Crippen molar-refractivity contribution in [2.24, 2.45) is 0 Å². The van der Waals surface area contributed by atoms with E-state index >= 15 is 0 Å². The van der Waals surface area contributed by atoms with Gasteiger partial charge < -0.3 is 4.90 Å². The van der Waals surface area contributed by atoms with E-state index in [2.05, 4.69) is 198 Å². The fourth-order valence-corrected chi connectivity index (χ4v) is 11.1. The highest BCUT2D eigenvalue weighted by atomic mass is 32.1. The van der Waals surface area contributed by atoms with Gasteiger partial charge in [0.1, 0.15) is 0 Å². The van der Waals surface area contributed by atoms with Crippen LogP contribution in [0, 0.1) is 0 Å². The largest absolute Gasteiger partial charge is 0.310 e. The molecule has 0 fully saturated rings. The summed E-state index contributed by atoms with van der Waals surface area (Å²) in [4.78, 5) is 2.51. The maximum absolute atomic E-state index is 2.57. The monoisotopic (exact) mass is 715 g/mol. The Balaban J connectivity index is 1.23. The minimum absolute atomic E-state index is 0.0904. The number of hydrogen-bond donors (Lipinski definition) is 0. The Labute approximate surface area is 323 Å². The van der Waals surface area contributed by atoms with E-state index in [0.29, 0.717) is 0 Å². The molecule has 2 aliphatic rings. The quantitative estimate of drug-likeness (QED) is 0.171. The minimum atomic E-state index is -0.0904. The van der Waals surface area contributed by atoms with Crippen LogP contribution in [0.15, 0.2) is 152 Å². The Morgan fingerprint density at radius 1 is 0.426 bits per heavy atom. The van der Waals surface area contributed by atoms with E-state index in [0.717, 1.165) is 11.4 Å². The van der Waals surface area contributed by atoms with Crippen LogP contribution in [0.25, 0.3) is 53.6 Å². The average molecular weight is 716 g/mol. The molecule has 0 N–H and O–H groups in total. The molecular weight excluding hydrogens is 671 g/mol. The van der Waals surface area contributed by atoms with Crippen molar-refractivity contribution in [2.75, 3.05) is 4.90 Å². The number of hydrogen-bond acceptors (Lipinski definition) is 2. The van der Waals surface area contributed by atoms with Crippen LogP contribution in [-0.2, 0) is 16.2 Å². The van der Waals surface area contributed by atoms with Gasteiger partial charge in [-0.2, -0.15) is 0 Å². The number of benzene rings is 7. The molecule has 0 aliphatic heterocycles. The molecule has 2 heteroatoms. The molecule has 0 unspecified atom stereocenters. The van der Waals surface area contributed by atoms with Gasteiger partial charge in [-0.1, -0.05) is 139 Å². The zero-order valence-electron chi connectivity index (χ0n) is 32.0. The molecule has 2 aliphatic carbocycles. The molecule has 10 rings (SSSR count). The van der Waals surface area contributed by atoms with Crippen molar-refractivity contribution in [1.29, 1.82) is 0 Å². The summed E-state index contributed by atoms with van der Waals surface area (Å²) in [6.45, 7) is 14.6. The zero-order valence-corrected chi connectivity index (χ0v) is 32.8. The van der Waals surface area contributed by atoms with E-state index in [1.165, 1.54) is 87.9 Å². The summed E-state index contributed by atoms with van der Waals surface area (Å²) >= 11 is 1.87. The predicted octanol–water partition coefficient (Wildman–Crippen LogP) is 15.1. The summed E-state index contributed by atoms with van der Waals surface area (Å²) in [5.74, 6) is 0. The van der Waals surface area contributed by atoms with Crippen LogP contribution in [0.4, 0.5) is 17.1 Å². The second-order valence-electron chi connectivity index (χ2n) is 17.3. The lowest BCUT2D eigenvalue weighted by atomic mass is 9.79. The van der Waals surface area contributed by atoms with Crippen LogP contribution in [0.3, 0.4) is 0 Å². The maximum Gasteiger partial charge on any atom is 0.0540 e. The van der Waals surface area contributed by atoms with Gasteiger partial charge in [0, 0.05) is 42.5 Å². The van der Waals surface area contributed by atoms with Crippen molar-refractivity contribution in [3.63, 3.8) is 0 Å². The first kappa shape index (κ1) is 33.2. The Hall–Kier alpha value is -5.44. The van der Waals surface area contributed by atoms with Gasteiger partial charge in [0.25, 0.3) is 0 Å². The summed E-state index contributed by atoms with van der Waals surface area (Å²) in [5.41, 5.74) is 17.2. The lowest BCUT2D eigenvalue weighted by molar-refractivity contribution is 0.403. The standard InChI is InChI=1S/C52H45NS/c1-50(2)32-51(3,4)46-31-44-41(30-45(46)50)40-28-36(22-24-43(40)52(44,5)6)53(37-23-26-49-42(29-37)38-19-13-14-20-48(38)54-49)47-25-21-35(33-15-9-7-10-16-33)27-39(47)34-17-11-8-12-18-34/h7-31H,32H2,1-6H3. The van der Waals surface area contributed by atoms with Gasteiger partial charge in [-0.25, -0.2) is 0 Å². The SMILES string of the molecule is CC1(C)CC(C)(C)c2cc3c(cc21)-c1cc(N(c2ccc4sc5ccccc5c4c2)c2ccc(-c4ccccc4)cc2-c2ccccc2)ccc1C3(C)C. The van der Waals surface area contributed by atoms with Gasteiger partial charge in [-0.15, -0.1) is 11.3 Å². The number of nitrogens with zero attached hydrogens (tertiary/aromatic N) is 1. The maximum atomic E-state index is 2.57. The molecule has 1 nitrogen and oxygen atoms in total. The Morgan fingerprint density at radius 2 is 1.04 bits per heavy atom. The molecule has 54 heavy (non-hydrogen) atoms. The van der Waals surface area contributed by atoms with Gasteiger partial charge >= 0.3 is 0 Å².